The van der Waals surface area contributed by atoms with E-state index >= 15 is 0 Å². The molecule has 27 heavy (non-hydrogen) atoms. The minimum Gasteiger partial charge on any atom is -0.377 e. The van der Waals surface area contributed by atoms with Crippen molar-refractivity contribution in [3.8, 4) is 0 Å². The van der Waals surface area contributed by atoms with Gasteiger partial charge in [-0.2, -0.15) is 0 Å². The Morgan fingerprint density at radius 2 is 2.11 bits per heavy atom. The second-order valence-electron chi connectivity index (χ2n) is 7.94. The first-order valence-corrected chi connectivity index (χ1v) is 10.3. The van der Waals surface area contributed by atoms with Crippen molar-refractivity contribution in [2.45, 2.75) is 52.8 Å². The number of halogens is 1. The molecule has 2 aromatic heterocycles. The zero-order chi connectivity index (χ0) is 19.6. The smallest absolute Gasteiger partial charge is 0.189 e. The highest BCUT2D eigenvalue weighted by molar-refractivity contribution is 7.15. The third-order valence-corrected chi connectivity index (χ3v) is 6.09. The molecule has 0 bridgehead atoms. The van der Waals surface area contributed by atoms with Gasteiger partial charge in [0.25, 0.3) is 0 Å². The highest BCUT2D eigenvalue weighted by Gasteiger charge is 2.20. The molecule has 1 aliphatic carbocycles. The van der Waals surface area contributed by atoms with Crippen LogP contribution in [0.25, 0.3) is 6.08 Å². The van der Waals surface area contributed by atoms with E-state index in [4.69, 9.17) is 16.3 Å². The number of hydrogen-bond acceptors (Lipinski definition) is 6. The van der Waals surface area contributed by atoms with E-state index in [2.05, 4.69) is 48.3 Å². The topological polar surface area (TPSA) is 59.1 Å². The number of aromatic nitrogens is 2. The van der Waals surface area contributed by atoms with Crippen LogP contribution in [0.2, 0.25) is 5.15 Å². The lowest BCUT2D eigenvalue weighted by molar-refractivity contribution is 0.141. The van der Waals surface area contributed by atoms with Crippen molar-refractivity contribution in [2.24, 2.45) is 5.41 Å². The summed E-state index contributed by atoms with van der Waals surface area (Å²) >= 11 is 7.87. The van der Waals surface area contributed by atoms with Crippen molar-refractivity contribution in [1.82, 2.24) is 15.3 Å². The summed E-state index contributed by atoms with van der Waals surface area (Å²) in [7, 11) is 1.73. The zero-order valence-corrected chi connectivity index (χ0v) is 18.0. The molecule has 2 heterocycles. The largest absolute Gasteiger partial charge is 0.377 e. The van der Waals surface area contributed by atoms with Gasteiger partial charge in [0.15, 0.2) is 5.13 Å². The van der Waals surface area contributed by atoms with Crippen LogP contribution >= 0.6 is 22.9 Å². The van der Waals surface area contributed by atoms with Gasteiger partial charge in [-0.05, 0) is 36.1 Å². The standard InChI is InChI=1S/C20H27ClN4OS/c1-12(20(2,3)4)22-11-13-8-17(21)24-18(9-13)25-19-23-15-7-6-14(26-5)10-16(15)27-19/h6-9,12,14,22H,10-11H2,1-5H3,(H,23,24,25)/t12-,14?/m0/s1. The number of rotatable bonds is 6. The summed E-state index contributed by atoms with van der Waals surface area (Å²) in [5, 5.41) is 8.15. The Morgan fingerprint density at radius 3 is 2.81 bits per heavy atom. The van der Waals surface area contributed by atoms with Crippen LogP contribution in [0.4, 0.5) is 10.9 Å². The van der Waals surface area contributed by atoms with E-state index < -0.39 is 0 Å². The van der Waals surface area contributed by atoms with Crippen molar-refractivity contribution in [3.05, 3.63) is 39.5 Å². The number of pyridine rings is 1. The maximum absolute atomic E-state index is 6.24. The first-order valence-electron chi connectivity index (χ1n) is 9.12. The molecule has 0 aromatic carbocycles. The summed E-state index contributed by atoms with van der Waals surface area (Å²) in [6.45, 7) is 9.61. The number of nitrogens with zero attached hydrogens (tertiary/aromatic N) is 2. The second kappa shape index (κ2) is 8.27. The van der Waals surface area contributed by atoms with E-state index in [1.165, 1.54) is 4.88 Å². The molecule has 5 nitrogen and oxygen atoms in total. The summed E-state index contributed by atoms with van der Waals surface area (Å²) in [6, 6.07) is 4.29. The molecule has 0 saturated heterocycles. The van der Waals surface area contributed by atoms with Gasteiger partial charge < -0.3 is 15.4 Å². The number of methoxy groups -OCH3 is 1. The Morgan fingerprint density at radius 1 is 1.33 bits per heavy atom. The second-order valence-corrected chi connectivity index (χ2v) is 9.41. The highest BCUT2D eigenvalue weighted by Crippen LogP contribution is 2.31. The number of thiazole rings is 1. The van der Waals surface area contributed by atoms with Gasteiger partial charge in [-0.25, -0.2) is 9.97 Å². The van der Waals surface area contributed by atoms with Gasteiger partial charge in [0.05, 0.1) is 11.8 Å². The van der Waals surface area contributed by atoms with Crippen LogP contribution in [0.1, 0.15) is 43.8 Å². The Kier molecular flexibility index (Phi) is 6.21. The van der Waals surface area contributed by atoms with Crippen LogP contribution in [0.3, 0.4) is 0 Å². The monoisotopic (exact) mass is 406 g/mol. The van der Waals surface area contributed by atoms with E-state index in [0.717, 1.165) is 29.4 Å². The molecule has 2 atom stereocenters. The number of fused-ring (bicyclic) bond motifs is 1. The van der Waals surface area contributed by atoms with E-state index in [0.29, 0.717) is 17.0 Å². The fourth-order valence-corrected chi connectivity index (χ4v) is 3.94. The van der Waals surface area contributed by atoms with Crippen molar-refractivity contribution in [1.29, 1.82) is 0 Å². The van der Waals surface area contributed by atoms with Crippen molar-refractivity contribution in [2.75, 3.05) is 12.4 Å². The van der Waals surface area contributed by atoms with E-state index in [9.17, 15) is 0 Å². The van der Waals surface area contributed by atoms with Crippen LogP contribution < -0.4 is 10.6 Å². The fraction of sp³-hybridized carbons (Fsp3) is 0.500. The molecular formula is C20H27ClN4OS. The summed E-state index contributed by atoms with van der Waals surface area (Å²) in [4.78, 5) is 10.3. The molecule has 0 aliphatic heterocycles. The fourth-order valence-electron chi connectivity index (χ4n) is 2.71. The van der Waals surface area contributed by atoms with Gasteiger partial charge in [-0.1, -0.05) is 38.4 Å². The molecule has 3 rings (SSSR count). The summed E-state index contributed by atoms with van der Waals surface area (Å²) in [5.74, 6) is 0.709. The molecule has 0 fully saturated rings. The van der Waals surface area contributed by atoms with Gasteiger partial charge >= 0.3 is 0 Å². The molecule has 0 amide bonds. The van der Waals surface area contributed by atoms with E-state index in [-0.39, 0.29) is 11.5 Å². The van der Waals surface area contributed by atoms with Gasteiger partial charge in [-0.15, -0.1) is 11.3 Å². The quantitative estimate of drug-likeness (QED) is 0.658. The minimum absolute atomic E-state index is 0.123. The molecule has 2 aromatic rings. The van der Waals surface area contributed by atoms with Crippen LogP contribution in [0, 0.1) is 5.41 Å². The third kappa shape index (κ3) is 5.29. The van der Waals surface area contributed by atoms with Crippen molar-refractivity contribution < 1.29 is 4.74 Å². The average molecular weight is 407 g/mol. The molecule has 0 saturated carbocycles. The third-order valence-electron chi connectivity index (χ3n) is 4.89. The Labute approximate surface area is 170 Å². The first-order chi connectivity index (χ1) is 12.7. The molecular weight excluding hydrogens is 380 g/mol. The molecule has 146 valence electrons. The Hall–Kier alpha value is -1.47. The van der Waals surface area contributed by atoms with Crippen LogP contribution in [-0.2, 0) is 17.7 Å². The molecule has 1 unspecified atom stereocenters. The molecule has 7 heteroatoms. The maximum Gasteiger partial charge on any atom is 0.189 e. The summed E-state index contributed by atoms with van der Waals surface area (Å²) in [6.07, 6.45) is 5.04. The number of ether oxygens (including phenoxy) is 1. The summed E-state index contributed by atoms with van der Waals surface area (Å²) < 4.78 is 5.41. The predicted octanol–water partition coefficient (Wildman–Crippen LogP) is 5.04. The van der Waals surface area contributed by atoms with Crippen molar-refractivity contribution >= 4 is 40.0 Å². The number of nitrogens with one attached hydrogen (secondary N) is 2. The van der Waals surface area contributed by atoms with E-state index in [1.54, 1.807) is 18.4 Å². The highest BCUT2D eigenvalue weighted by atomic mass is 35.5. The lowest BCUT2D eigenvalue weighted by Crippen LogP contribution is -2.37. The Bertz CT molecular complexity index is 828. The van der Waals surface area contributed by atoms with Gasteiger partial charge in [0.1, 0.15) is 11.0 Å². The van der Waals surface area contributed by atoms with Crippen LogP contribution in [0.15, 0.2) is 18.2 Å². The molecule has 0 spiro atoms. The molecule has 0 radical (unpaired) electrons. The lowest BCUT2D eigenvalue weighted by atomic mass is 9.88. The normalized spacial score (nSPS) is 17.6. The van der Waals surface area contributed by atoms with Gasteiger partial charge in [0.2, 0.25) is 0 Å². The number of anilines is 2. The first kappa shape index (κ1) is 20.3. The van der Waals surface area contributed by atoms with E-state index in [1.807, 2.05) is 24.3 Å². The van der Waals surface area contributed by atoms with Crippen LogP contribution in [-0.4, -0.2) is 29.2 Å². The molecule has 1 aliphatic rings. The SMILES string of the molecule is COC1C=Cc2nc(Nc3cc(CN[C@@H](C)C(C)(C)C)cc(Cl)n3)sc2C1. The predicted molar refractivity (Wildman–Crippen MR) is 114 cm³/mol. The minimum atomic E-state index is 0.123. The maximum atomic E-state index is 6.24. The average Bonchev–Trinajstić information content (AvgIpc) is 2.99. The van der Waals surface area contributed by atoms with Gasteiger partial charge in [-0.3, -0.25) is 0 Å². The Balaban J connectivity index is 1.70. The van der Waals surface area contributed by atoms with Crippen molar-refractivity contribution in [3.63, 3.8) is 0 Å². The van der Waals surface area contributed by atoms with Gasteiger partial charge in [0, 0.05) is 31.0 Å². The summed E-state index contributed by atoms with van der Waals surface area (Å²) in [5.41, 5.74) is 2.29. The number of hydrogen-bond donors (Lipinski definition) is 2. The van der Waals surface area contributed by atoms with Crippen LogP contribution in [0.5, 0.6) is 0 Å². The molecule has 2 N–H and O–H groups in total. The lowest BCUT2D eigenvalue weighted by Gasteiger charge is -2.28. The zero-order valence-electron chi connectivity index (χ0n) is 16.5.